The maximum Gasteiger partial charge on any atom is 0.310 e. The largest absolute Gasteiger partial charge is 0.487 e. The minimum Gasteiger partial charge on any atom is -0.487 e. The first-order valence-corrected chi connectivity index (χ1v) is 10.5. The van der Waals surface area contributed by atoms with Crippen LogP contribution in [0.25, 0.3) is 10.9 Å². The van der Waals surface area contributed by atoms with Gasteiger partial charge in [0.15, 0.2) is 0 Å². The molecule has 0 aliphatic rings. The van der Waals surface area contributed by atoms with Gasteiger partial charge >= 0.3 is 5.97 Å². The molecule has 6 nitrogen and oxygen atoms in total. The third-order valence-corrected chi connectivity index (χ3v) is 5.79. The molecule has 31 heavy (non-hydrogen) atoms. The summed E-state index contributed by atoms with van der Waals surface area (Å²) in [5, 5.41) is 13.4. The molecule has 1 amide bonds. The number of carbonyl (C=O) groups excluding carboxylic acids is 1. The molecule has 6 heteroatoms. The molecule has 0 bridgehead atoms. The van der Waals surface area contributed by atoms with Crippen LogP contribution in [0.4, 0.5) is 5.69 Å². The highest BCUT2D eigenvalue weighted by Gasteiger charge is 2.37. The van der Waals surface area contributed by atoms with Gasteiger partial charge in [-0.2, -0.15) is 0 Å². The fourth-order valence-electron chi connectivity index (χ4n) is 3.63. The predicted octanol–water partition coefficient (Wildman–Crippen LogP) is 5.34. The molecule has 2 aromatic carbocycles. The zero-order valence-electron chi connectivity index (χ0n) is 18.1. The van der Waals surface area contributed by atoms with Gasteiger partial charge in [-0.05, 0) is 43.5 Å². The minimum absolute atomic E-state index is 0.0687. The van der Waals surface area contributed by atoms with E-state index in [1.807, 2.05) is 43.3 Å². The first kappa shape index (κ1) is 22.3. The Morgan fingerprint density at radius 1 is 1.06 bits per heavy atom. The molecule has 1 aromatic heterocycles. The van der Waals surface area contributed by atoms with Gasteiger partial charge in [0.25, 0.3) is 0 Å². The summed E-state index contributed by atoms with van der Waals surface area (Å²) in [5.74, 6) is -0.669. The molecule has 1 heterocycles. The van der Waals surface area contributed by atoms with Crippen LogP contribution in [0.1, 0.15) is 44.4 Å². The van der Waals surface area contributed by atoms with E-state index in [4.69, 9.17) is 4.74 Å². The van der Waals surface area contributed by atoms with Crippen molar-refractivity contribution in [1.29, 1.82) is 0 Å². The lowest BCUT2D eigenvalue weighted by Crippen LogP contribution is -2.34. The number of anilines is 1. The summed E-state index contributed by atoms with van der Waals surface area (Å²) < 4.78 is 5.88. The number of pyridine rings is 1. The average molecular weight is 421 g/mol. The van der Waals surface area contributed by atoms with Gasteiger partial charge in [-0.25, -0.2) is 4.98 Å². The van der Waals surface area contributed by atoms with Crippen molar-refractivity contribution in [1.82, 2.24) is 4.98 Å². The molecule has 0 spiro atoms. The smallest absolute Gasteiger partial charge is 0.310 e. The van der Waals surface area contributed by atoms with Crippen LogP contribution in [0.15, 0.2) is 54.6 Å². The Labute approximate surface area is 182 Å². The van der Waals surface area contributed by atoms with Crippen LogP contribution in [0.5, 0.6) is 5.75 Å². The van der Waals surface area contributed by atoms with Gasteiger partial charge in [0.2, 0.25) is 5.91 Å². The van der Waals surface area contributed by atoms with E-state index in [0.29, 0.717) is 30.9 Å². The monoisotopic (exact) mass is 420 g/mol. The van der Waals surface area contributed by atoms with E-state index < -0.39 is 11.4 Å². The summed E-state index contributed by atoms with van der Waals surface area (Å²) in [6.07, 6.45) is 0.724. The van der Waals surface area contributed by atoms with Crippen LogP contribution < -0.4 is 10.1 Å². The number of aromatic nitrogens is 1. The Morgan fingerprint density at radius 2 is 1.81 bits per heavy atom. The normalized spacial score (nSPS) is 11.3. The van der Waals surface area contributed by atoms with E-state index in [1.165, 1.54) is 0 Å². The predicted molar refractivity (Wildman–Crippen MR) is 121 cm³/mol. The number of rotatable bonds is 9. The summed E-state index contributed by atoms with van der Waals surface area (Å²) in [6.45, 7) is 5.92. The molecule has 0 fully saturated rings. The number of aliphatic carboxylic acids is 1. The van der Waals surface area contributed by atoms with Gasteiger partial charge in [0.05, 0.1) is 16.6 Å². The molecule has 3 aromatic rings. The Morgan fingerprint density at radius 3 is 2.52 bits per heavy atom. The molecular formula is C25H28N2O4. The van der Waals surface area contributed by atoms with Crippen LogP contribution >= 0.6 is 0 Å². The van der Waals surface area contributed by atoms with Gasteiger partial charge in [-0.1, -0.05) is 44.2 Å². The van der Waals surface area contributed by atoms with E-state index in [2.05, 4.69) is 10.3 Å². The summed E-state index contributed by atoms with van der Waals surface area (Å²) >= 11 is 0. The van der Waals surface area contributed by atoms with Crippen molar-refractivity contribution in [3.05, 3.63) is 65.9 Å². The summed E-state index contributed by atoms with van der Waals surface area (Å²) in [6, 6.07) is 17.1. The van der Waals surface area contributed by atoms with Crippen molar-refractivity contribution in [2.75, 3.05) is 5.32 Å². The molecule has 2 N–H and O–H groups in total. The quantitative estimate of drug-likeness (QED) is 0.488. The van der Waals surface area contributed by atoms with Crippen molar-refractivity contribution < 1.29 is 19.4 Å². The average Bonchev–Trinajstić information content (AvgIpc) is 2.76. The summed E-state index contributed by atoms with van der Waals surface area (Å²) in [4.78, 5) is 28.8. The van der Waals surface area contributed by atoms with Crippen LogP contribution in [-0.4, -0.2) is 22.0 Å². The van der Waals surface area contributed by atoms with Crippen LogP contribution in [0.2, 0.25) is 0 Å². The lowest BCUT2D eigenvalue weighted by molar-refractivity contribution is -0.151. The first-order chi connectivity index (χ1) is 14.9. The summed E-state index contributed by atoms with van der Waals surface area (Å²) in [5.41, 5.74) is 2.40. The highest BCUT2D eigenvalue weighted by atomic mass is 16.5. The molecule has 0 aliphatic carbocycles. The SMILES string of the molecule is CCC(CC)(CC(=O)Nc1cccc(OCc2ccc3cccc(C)c3n2)c1)C(=O)O. The van der Waals surface area contributed by atoms with Crippen molar-refractivity contribution >= 4 is 28.5 Å². The maximum atomic E-state index is 12.5. The highest BCUT2D eigenvalue weighted by molar-refractivity contribution is 5.94. The third kappa shape index (κ3) is 5.20. The fourth-order valence-corrected chi connectivity index (χ4v) is 3.63. The van der Waals surface area contributed by atoms with E-state index in [1.54, 1.807) is 32.0 Å². The first-order valence-electron chi connectivity index (χ1n) is 10.5. The Hall–Kier alpha value is -3.41. The van der Waals surface area contributed by atoms with Crippen LogP contribution in [0, 0.1) is 12.3 Å². The Balaban J connectivity index is 1.66. The third-order valence-electron chi connectivity index (χ3n) is 5.79. The Kier molecular flexibility index (Phi) is 6.90. The van der Waals surface area contributed by atoms with Gasteiger partial charge in [0, 0.05) is 23.6 Å². The number of amides is 1. The number of carboxylic acids is 1. The number of hydrogen-bond donors (Lipinski definition) is 2. The lowest BCUT2D eigenvalue weighted by Gasteiger charge is -2.25. The molecule has 0 saturated heterocycles. The highest BCUT2D eigenvalue weighted by Crippen LogP contribution is 2.31. The lowest BCUT2D eigenvalue weighted by atomic mass is 9.79. The van der Waals surface area contributed by atoms with E-state index in [9.17, 15) is 14.7 Å². The van der Waals surface area contributed by atoms with Crippen LogP contribution in [-0.2, 0) is 16.2 Å². The number of fused-ring (bicyclic) bond motifs is 1. The van der Waals surface area contributed by atoms with Gasteiger partial charge in [-0.3, -0.25) is 9.59 Å². The van der Waals surface area contributed by atoms with Gasteiger partial charge in [0.1, 0.15) is 12.4 Å². The second kappa shape index (κ2) is 9.60. The second-order valence-corrected chi connectivity index (χ2v) is 7.78. The second-order valence-electron chi connectivity index (χ2n) is 7.78. The van der Waals surface area contributed by atoms with Crippen LogP contribution in [0.3, 0.4) is 0 Å². The molecule has 0 unspecified atom stereocenters. The number of benzene rings is 2. The molecular weight excluding hydrogens is 392 g/mol. The van der Waals surface area contributed by atoms with Gasteiger partial charge < -0.3 is 15.2 Å². The minimum atomic E-state index is -1.04. The number of nitrogens with zero attached hydrogens (tertiary/aromatic N) is 1. The fraction of sp³-hybridized carbons (Fsp3) is 0.320. The van der Waals surface area contributed by atoms with Crippen molar-refractivity contribution in [3.63, 3.8) is 0 Å². The summed E-state index contributed by atoms with van der Waals surface area (Å²) in [7, 11) is 0. The number of nitrogens with one attached hydrogen (secondary N) is 1. The zero-order chi connectivity index (χ0) is 22.4. The zero-order valence-corrected chi connectivity index (χ0v) is 18.1. The number of carbonyl (C=O) groups is 2. The number of para-hydroxylation sites is 1. The molecule has 0 atom stereocenters. The van der Waals surface area contributed by atoms with E-state index in [0.717, 1.165) is 22.2 Å². The van der Waals surface area contributed by atoms with E-state index in [-0.39, 0.29) is 12.3 Å². The van der Waals surface area contributed by atoms with Crippen molar-refractivity contribution in [2.24, 2.45) is 5.41 Å². The molecule has 0 saturated carbocycles. The number of carboxylic acid groups (broad SMARTS) is 1. The topological polar surface area (TPSA) is 88.5 Å². The number of aryl methyl sites for hydroxylation is 1. The number of hydrogen-bond acceptors (Lipinski definition) is 4. The van der Waals surface area contributed by atoms with Crippen molar-refractivity contribution in [2.45, 2.75) is 46.6 Å². The Bertz CT molecular complexity index is 1090. The standard InChI is InChI=1S/C25H28N2O4/c1-4-25(5-2,24(29)30)15-22(28)26-19-10-7-11-21(14-19)31-16-20-13-12-18-9-6-8-17(3)23(18)27-20/h6-14H,4-5,15-16H2,1-3H3,(H,26,28)(H,29,30). The molecule has 0 radical (unpaired) electrons. The molecule has 0 aliphatic heterocycles. The van der Waals surface area contributed by atoms with Gasteiger partial charge in [-0.15, -0.1) is 0 Å². The maximum absolute atomic E-state index is 12.5. The molecule has 3 rings (SSSR count). The van der Waals surface area contributed by atoms with Crippen molar-refractivity contribution in [3.8, 4) is 5.75 Å². The molecule has 162 valence electrons. The number of ether oxygens (including phenoxy) is 1. The van der Waals surface area contributed by atoms with E-state index >= 15 is 0 Å².